The number of nitrogens with zero attached hydrogens (tertiary/aromatic N) is 4. The van der Waals surface area contributed by atoms with E-state index in [0.29, 0.717) is 17.8 Å². The molecule has 0 bridgehead atoms. The second-order valence-corrected chi connectivity index (χ2v) is 7.36. The molecule has 1 aliphatic rings. The van der Waals surface area contributed by atoms with E-state index in [1.54, 1.807) is 0 Å². The van der Waals surface area contributed by atoms with Crippen LogP contribution in [0.1, 0.15) is 38.9 Å². The third-order valence-corrected chi connectivity index (χ3v) is 5.53. The number of para-hydroxylation sites is 1. The van der Waals surface area contributed by atoms with E-state index >= 15 is 0 Å². The summed E-state index contributed by atoms with van der Waals surface area (Å²) in [7, 11) is 0. The molecule has 0 N–H and O–H groups in total. The molecule has 2 unspecified atom stereocenters. The van der Waals surface area contributed by atoms with Gasteiger partial charge in [0.25, 0.3) is 0 Å². The van der Waals surface area contributed by atoms with E-state index < -0.39 is 0 Å². The highest BCUT2D eigenvalue weighted by molar-refractivity contribution is 7.99. The summed E-state index contributed by atoms with van der Waals surface area (Å²) in [6.45, 7) is 6.23. The number of aromatic nitrogens is 3. The zero-order valence-corrected chi connectivity index (χ0v) is 15.3. The average Bonchev–Trinajstić information content (AvgIpc) is 2.94. The summed E-state index contributed by atoms with van der Waals surface area (Å²) in [5, 5.41) is 9.20. The Morgan fingerprint density at radius 3 is 2.50 bits per heavy atom. The molecule has 0 radical (unpaired) electrons. The Morgan fingerprint density at radius 2 is 1.83 bits per heavy atom. The molecule has 0 spiro atoms. The van der Waals surface area contributed by atoms with Crippen LogP contribution in [0.3, 0.4) is 0 Å². The molecule has 2 heterocycles. The van der Waals surface area contributed by atoms with E-state index in [1.807, 2.05) is 46.7 Å². The fourth-order valence-corrected chi connectivity index (χ4v) is 4.29. The van der Waals surface area contributed by atoms with Gasteiger partial charge in [-0.3, -0.25) is 9.36 Å². The van der Waals surface area contributed by atoms with Crippen LogP contribution in [-0.4, -0.2) is 43.4 Å². The maximum absolute atomic E-state index is 12.7. The number of carbonyl (C=O) groups is 1. The van der Waals surface area contributed by atoms with E-state index in [9.17, 15) is 4.79 Å². The van der Waals surface area contributed by atoms with E-state index in [1.165, 1.54) is 18.2 Å². The minimum Gasteiger partial charge on any atom is -0.337 e. The Bertz CT molecular complexity index is 690. The largest absolute Gasteiger partial charge is 0.337 e. The van der Waals surface area contributed by atoms with Crippen LogP contribution in [0.5, 0.6) is 0 Å². The second kappa shape index (κ2) is 7.38. The van der Waals surface area contributed by atoms with Gasteiger partial charge in [0.1, 0.15) is 5.82 Å². The summed E-state index contributed by atoms with van der Waals surface area (Å²) in [5.41, 5.74) is 1.02. The van der Waals surface area contributed by atoms with Gasteiger partial charge in [-0.25, -0.2) is 0 Å². The SMILES string of the molecule is Cc1nnc(SCC(=O)N2C(C)CCCC2C)n1-c1ccccc1. The second-order valence-electron chi connectivity index (χ2n) is 6.42. The van der Waals surface area contributed by atoms with Crippen LogP contribution < -0.4 is 0 Å². The molecule has 1 saturated heterocycles. The standard InChI is InChI=1S/C18H24N4OS/c1-13-8-7-9-14(2)21(13)17(23)12-24-18-20-19-15(3)22(18)16-10-5-4-6-11-16/h4-6,10-11,13-14H,7-9,12H2,1-3H3. The van der Waals surface area contributed by atoms with Crippen LogP contribution in [0.25, 0.3) is 5.69 Å². The van der Waals surface area contributed by atoms with Crippen molar-refractivity contribution in [2.24, 2.45) is 0 Å². The maximum atomic E-state index is 12.7. The molecule has 1 aromatic carbocycles. The zero-order valence-electron chi connectivity index (χ0n) is 14.5. The fourth-order valence-electron chi connectivity index (χ4n) is 3.42. The van der Waals surface area contributed by atoms with Crippen molar-refractivity contribution in [2.75, 3.05) is 5.75 Å². The Hall–Kier alpha value is -1.82. The minimum absolute atomic E-state index is 0.194. The molecule has 1 aliphatic heterocycles. The van der Waals surface area contributed by atoms with Gasteiger partial charge in [0.05, 0.1) is 5.75 Å². The molecule has 0 aliphatic carbocycles. The Kier molecular flexibility index (Phi) is 5.23. The molecule has 1 fully saturated rings. The quantitative estimate of drug-likeness (QED) is 0.797. The number of likely N-dealkylation sites (tertiary alicyclic amines) is 1. The van der Waals surface area contributed by atoms with Crippen molar-refractivity contribution in [1.29, 1.82) is 0 Å². The zero-order chi connectivity index (χ0) is 17.1. The lowest BCUT2D eigenvalue weighted by atomic mass is 9.98. The van der Waals surface area contributed by atoms with Crippen molar-refractivity contribution in [1.82, 2.24) is 19.7 Å². The lowest BCUT2D eigenvalue weighted by molar-refractivity contribution is -0.134. The van der Waals surface area contributed by atoms with Gasteiger partial charge >= 0.3 is 0 Å². The smallest absolute Gasteiger partial charge is 0.233 e. The molecule has 0 saturated carbocycles. The van der Waals surface area contributed by atoms with Gasteiger partial charge in [-0.15, -0.1) is 10.2 Å². The molecule has 2 atom stereocenters. The predicted octanol–water partition coefficient (Wildman–Crippen LogP) is 3.46. The first-order valence-electron chi connectivity index (χ1n) is 8.49. The molecule has 128 valence electrons. The number of piperidine rings is 1. The number of aryl methyl sites for hydroxylation is 1. The third-order valence-electron chi connectivity index (χ3n) is 4.62. The van der Waals surface area contributed by atoms with Crippen LogP contribution >= 0.6 is 11.8 Å². The van der Waals surface area contributed by atoms with Gasteiger partial charge in [0.15, 0.2) is 5.16 Å². The normalized spacial score (nSPS) is 21.0. The summed E-state index contributed by atoms with van der Waals surface area (Å²) in [6, 6.07) is 10.7. The molecule has 2 aromatic rings. The van der Waals surface area contributed by atoms with Crippen LogP contribution in [0.4, 0.5) is 0 Å². The van der Waals surface area contributed by atoms with E-state index in [2.05, 4.69) is 24.0 Å². The topological polar surface area (TPSA) is 51.0 Å². The Morgan fingerprint density at radius 1 is 1.17 bits per heavy atom. The van der Waals surface area contributed by atoms with Gasteiger partial charge in [-0.05, 0) is 52.2 Å². The van der Waals surface area contributed by atoms with E-state index in [4.69, 9.17) is 0 Å². The molecule has 24 heavy (non-hydrogen) atoms. The van der Waals surface area contributed by atoms with Gasteiger partial charge < -0.3 is 4.90 Å². The van der Waals surface area contributed by atoms with Crippen molar-refractivity contribution < 1.29 is 4.79 Å². The highest BCUT2D eigenvalue weighted by Crippen LogP contribution is 2.26. The van der Waals surface area contributed by atoms with E-state index in [0.717, 1.165) is 29.5 Å². The summed E-state index contributed by atoms with van der Waals surface area (Å²) in [4.78, 5) is 14.7. The number of hydrogen-bond donors (Lipinski definition) is 0. The van der Waals surface area contributed by atoms with Gasteiger partial charge in [-0.2, -0.15) is 0 Å². The van der Waals surface area contributed by atoms with Crippen LogP contribution in [0.2, 0.25) is 0 Å². The highest BCUT2D eigenvalue weighted by atomic mass is 32.2. The van der Waals surface area contributed by atoms with Crippen molar-refractivity contribution in [3.8, 4) is 5.69 Å². The summed E-state index contributed by atoms with van der Waals surface area (Å²) >= 11 is 1.47. The monoisotopic (exact) mass is 344 g/mol. The highest BCUT2D eigenvalue weighted by Gasteiger charge is 2.29. The van der Waals surface area contributed by atoms with Crippen molar-refractivity contribution >= 4 is 17.7 Å². The molecule has 1 amide bonds. The van der Waals surface area contributed by atoms with Gasteiger partial charge in [-0.1, -0.05) is 30.0 Å². The number of amides is 1. The number of carbonyl (C=O) groups excluding carboxylic acids is 1. The molecule has 6 heteroatoms. The molecule has 5 nitrogen and oxygen atoms in total. The average molecular weight is 344 g/mol. The Balaban J connectivity index is 1.72. The number of hydrogen-bond acceptors (Lipinski definition) is 4. The number of rotatable bonds is 4. The maximum Gasteiger partial charge on any atom is 0.233 e. The van der Waals surface area contributed by atoms with Gasteiger partial charge in [0.2, 0.25) is 5.91 Å². The van der Waals surface area contributed by atoms with Crippen LogP contribution in [0.15, 0.2) is 35.5 Å². The first-order chi connectivity index (χ1) is 11.6. The minimum atomic E-state index is 0.194. The van der Waals surface area contributed by atoms with E-state index in [-0.39, 0.29) is 5.91 Å². The first kappa shape index (κ1) is 17.0. The fraction of sp³-hybridized carbons (Fsp3) is 0.500. The van der Waals surface area contributed by atoms with Crippen LogP contribution in [0, 0.1) is 6.92 Å². The summed E-state index contributed by atoms with van der Waals surface area (Å²) in [6.07, 6.45) is 3.40. The summed E-state index contributed by atoms with van der Waals surface area (Å²) in [5.74, 6) is 1.43. The van der Waals surface area contributed by atoms with Crippen LogP contribution in [-0.2, 0) is 4.79 Å². The molecule has 3 rings (SSSR count). The van der Waals surface area contributed by atoms with Crippen molar-refractivity contribution in [2.45, 2.75) is 57.3 Å². The van der Waals surface area contributed by atoms with Crippen molar-refractivity contribution in [3.05, 3.63) is 36.2 Å². The molecule has 1 aromatic heterocycles. The number of thioether (sulfide) groups is 1. The van der Waals surface area contributed by atoms with Crippen molar-refractivity contribution in [3.63, 3.8) is 0 Å². The van der Waals surface area contributed by atoms with Gasteiger partial charge in [0, 0.05) is 17.8 Å². The Labute approximate surface area is 147 Å². The third kappa shape index (κ3) is 3.48. The molecular weight excluding hydrogens is 320 g/mol. The predicted molar refractivity (Wildman–Crippen MR) is 96.4 cm³/mol. The lowest BCUT2D eigenvalue weighted by Crippen LogP contribution is -2.48. The first-order valence-corrected chi connectivity index (χ1v) is 9.48. The summed E-state index contributed by atoms with van der Waals surface area (Å²) < 4.78 is 2.00. The lowest BCUT2D eigenvalue weighted by Gasteiger charge is -2.39. The number of benzene rings is 1. The molecular formula is C18H24N4OS.